The maximum Gasteiger partial charge on any atom is 0.133 e. The highest BCUT2D eigenvalue weighted by Gasteiger charge is 2.22. The second kappa shape index (κ2) is 7.83. The van der Waals surface area contributed by atoms with Crippen LogP contribution < -0.4 is 4.74 Å². The third-order valence-corrected chi connectivity index (χ3v) is 4.88. The van der Waals surface area contributed by atoms with Crippen LogP contribution in [0.25, 0.3) is 11.6 Å². The van der Waals surface area contributed by atoms with Crippen molar-refractivity contribution < 1.29 is 14.9 Å². The van der Waals surface area contributed by atoms with Crippen LogP contribution in [0.4, 0.5) is 0 Å². The number of aromatic hydroxyl groups is 2. The van der Waals surface area contributed by atoms with Gasteiger partial charge in [-0.1, -0.05) is 32.4 Å². The fraction of sp³-hybridized carbons (Fsp3) is 0.364. The standard InChI is InChI=1S/C22H27NO3/c1-4-6-20-21(25)17(13-23(3)5-2)11-16-12-18(14-26-22(16)20)15-7-9-19(24)10-8-15/h7-12,24-25H,4-6,13-14H2,1-3H3. The molecule has 4 heteroatoms. The third kappa shape index (κ3) is 3.70. The number of hydrogen-bond donors (Lipinski definition) is 2. The van der Waals surface area contributed by atoms with Gasteiger partial charge in [-0.25, -0.2) is 0 Å². The first kappa shape index (κ1) is 18.3. The molecule has 0 saturated carbocycles. The number of nitrogens with zero attached hydrogens (tertiary/aromatic N) is 1. The van der Waals surface area contributed by atoms with E-state index in [2.05, 4.69) is 24.8 Å². The molecule has 0 radical (unpaired) electrons. The van der Waals surface area contributed by atoms with E-state index in [1.54, 1.807) is 12.1 Å². The molecule has 0 spiro atoms. The lowest BCUT2D eigenvalue weighted by Gasteiger charge is -2.24. The van der Waals surface area contributed by atoms with E-state index in [4.69, 9.17) is 4.74 Å². The Morgan fingerprint density at radius 3 is 2.50 bits per heavy atom. The zero-order valence-corrected chi connectivity index (χ0v) is 15.7. The number of ether oxygens (including phenoxy) is 1. The molecule has 2 aromatic carbocycles. The van der Waals surface area contributed by atoms with E-state index >= 15 is 0 Å². The van der Waals surface area contributed by atoms with Crippen LogP contribution in [0, 0.1) is 0 Å². The fourth-order valence-corrected chi connectivity index (χ4v) is 3.30. The molecule has 0 unspecified atom stereocenters. The molecular formula is C22H27NO3. The van der Waals surface area contributed by atoms with Gasteiger partial charge < -0.3 is 19.8 Å². The van der Waals surface area contributed by atoms with Crippen molar-refractivity contribution in [2.45, 2.75) is 33.2 Å². The quantitative estimate of drug-likeness (QED) is 0.806. The van der Waals surface area contributed by atoms with Gasteiger partial charge in [-0.2, -0.15) is 0 Å². The minimum Gasteiger partial charge on any atom is -0.508 e. The molecule has 2 aromatic rings. The van der Waals surface area contributed by atoms with E-state index < -0.39 is 0 Å². The van der Waals surface area contributed by atoms with Gasteiger partial charge in [0.2, 0.25) is 0 Å². The maximum absolute atomic E-state index is 10.8. The summed E-state index contributed by atoms with van der Waals surface area (Å²) in [5.74, 6) is 1.42. The molecule has 0 atom stereocenters. The van der Waals surface area contributed by atoms with Crippen molar-refractivity contribution in [1.82, 2.24) is 4.90 Å². The molecule has 1 aliphatic rings. The Bertz CT molecular complexity index is 809. The summed E-state index contributed by atoms with van der Waals surface area (Å²) in [5, 5.41) is 20.3. The van der Waals surface area contributed by atoms with Crippen molar-refractivity contribution in [2.75, 3.05) is 20.2 Å². The second-order valence-corrected chi connectivity index (χ2v) is 6.87. The first-order valence-corrected chi connectivity index (χ1v) is 9.22. The van der Waals surface area contributed by atoms with E-state index in [9.17, 15) is 10.2 Å². The average Bonchev–Trinajstić information content (AvgIpc) is 2.65. The molecule has 0 aliphatic carbocycles. The van der Waals surface area contributed by atoms with Crippen molar-refractivity contribution in [3.63, 3.8) is 0 Å². The highest BCUT2D eigenvalue weighted by atomic mass is 16.5. The highest BCUT2D eigenvalue weighted by molar-refractivity contribution is 5.87. The molecular weight excluding hydrogens is 326 g/mol. The molecule has 2 N–H and O–H groups in total. The summed E-state index contributed by atoms with van der Waals surface area (Å²) < 4.78 is 6.07. The summed E-state index contributed by atoms with van der Waals surface area (Å²) in [6.07, 6.45) is 3.88. The average molecular weight is 353 g/mol. The molecule has 3 rings (SSSR count). The molecule has 0 saturated heterocycles. The first-order valence-electron chi connectivity index (χ1n) is 9.22. The van der Waals surface area contributed by atoms with Crippen molar-refractivity contribution in [2.24, 2.45) is 0 Å². The van der Waals surface area contributed by atoms with Crippen LogP contribution in [0.1, 0.15) is 42.5 Å². The van der Waals surface area contributed by atoms with Crippen LogP contribution in [-0.2, 0) is 13.0 Å². The lowest BCUT2D eigenvalue weighted by Crippen LogP contribution is -2.18. The van der Waals surface area contributed by atoms with E-state index in [-0.39, 0.29) is 5.75 Å². The summed E-state index contributed by atoms with van der Waals surface area (Å²) in [5.41, 5.74) is 4.96. The predicted molar refractivity (Wildman–Crippen MR) is 106 cm³/mol. The molecule has 4 nitrogen and oxygen atoms in total. The third-order valence-electron chi connectivity index (χ3n) is 4.88. The van der Waals surface area contributed by atoms with Crippen molar-refractivity contribution in [3.8, 4) is 17.2 Å². The summed E-state index contributed by atoms with van der Waals surface area (Å²) in [6, 6.07) is 9.21. The molecule has 1 heterocycles. The van der Waals surface area contributed by atoms with Gasteiger partial charge in [-0.3, -0.25) is 0 Å². The predicted octanol–water partition coefficient (Wildman–Crippen LogP) is 4.44. The van der Waals surface area contributed by atoms with Crippen LogP contribution in [-0.4, -0.2) is 35.3 Å². The SMILES string of the molecule is CCCc1c(O)c(CN(C)CC)cc2c1OCC(c1ccc(O)cc1)=C2. The van der Waals surface area contributed by atoms with E-state index in [0.29, 0.717) is 18.9 Å². The molecule has 138 valence electrons. The largest absolute Gasteiger partial charge is 0.508 e. The number of rotatable bonds is 6. The Balaban J connectivity index is 2.06. The summed E-state index contributed by atoms with van der Waals surface area (Å²) in [6.45, 7) is 6.30. The second-order valence-electron chi connectivity index (χ2n) is 6.87. The Hall–Kier alpha value is -2.46. The Morgan fingerprint density at radius 2 is 1.85 bits per heavy atom. The fourth-order valence-electron chi connectivity index (χ4n) is 3.30. The van der Waals surface area contributed by atoms with Crippen LogP contribution in [0.5, 0.6) is 17.2 Å². The number of phenols is 2. The Labute approximate surface area is 155 Å². The summed E-state index contributed by atoms with van der Waals surface area (Å²) in [7, 11) is 2.05. The topological polar surface area (TPSA) is 52.9 Å². The minimum atomic E-state index is 0.256. The van der Waals surface area contributed by atoms with Gasteiger partial charge in [0, 0.05) is 23.2 Å². The Morgan fingerprint density at radius 1 is 1.12 bits per heavy atom. The molecule has 0 fully saturated rings. The van der Waals surface area contributed by atoms with Gasteiger partial charge in [-0.15, -0.1) is 0 Å². The van der Waals surface area contributed by atoms with Crippen molar-refractivity contribution >= 4 is 11.6 Å². The van der Waals surface area contributed by atoms with Gasteiger partial charge in [0.25, 0.3) is 0 Å². The molecule has 0 bridgehead atoms. The molecule has 0 amide bonds. The van der Waals surface area contributed by atoms with Crippen LogP contribution in [0.3, 0.4) is 0 Å². The van der Waals surface area contributed by atoms with Gasteiger partial charge in [0.1, 0.15) is 23.9 Å². The summed E-state index contributed by atoms with van der Waals surface area (Å²) >= 11 is 0. The van der Waals surface area contributed by atoms with Crippen molar-refractivity contribution in [3.05, 3.63) is 52.6 Å². The van der Waals surface area contributed by atoms with Crippen molar-refractivity contribution in [1.29, 1.82) is 0 Å². The van der Waals surface area contributed by atoms with E-state index in [0.717, 1.165) is 53.0 Å². The lowest BCUT2D eigenvalue weighted by atomic mass is 9.94. The number of fused-ring (bicyclic) bond motifs is 1. The Kier molecular flexibility index (Phi) is 5.52. The first-order chi connectivity index (χ1) is 12.5. The van der Waals surface area contributed by atoms with Crippen LogP contribution >= 0.6 is 0 Å². The van der Waals surface area contributed by atoms with Gasteiger partial charge in [0.15, 0.2) is 0 Å². The van der Waals surface area contributed by atoms with Gasteiger partial charge >= 0.3 is 0 Å². The number of hydrogen-bond acceptors (Lipinski definition) is 4. The normalized spacial score (nSPS) is 13.3. The minimum absolute atomic E-state index is 0.256. The van der Waals surface area contributed by atoms with E-state index in [1.165, 1.54) is 0 Å². The smallest absolute Gasteiger partial charge is 0.133 e. The van der Waals surface area contributed by atoms with E-state index in [1.807, 2.05) is 25.2 Å². The molecule has 0 aromatic heterocycles. The molecule has 1 aliphatic heterocycles. The summed E-state index contributed by atoms with van der Waals surface area (Å²) in [4.78, 5) is 2.17. The maximum atomic E-state index is 10.8. The van der Waals surface area contributed by atoms with Crippen LogP contribution in [0.15, 0.2) is 30.3 Å². The van der Waals surface area contributed by atoms with Crippen LogP contribution in [0.2, 0.25) is 0 Å². The zero-order chi connectivity index (χ0) is 18.7. The zero-order valence-electron chi connectivity index (χ0n) is 15.7. The van der Waals surface area contributed by atoms with Gasteiger partial charge in [0.05, 0.1) is 0 Å². The lowest BCUT2D eigenvalue weighted by molar-refractivity contribution is 0.331. The number of benzene rings is 2. The molecule has 26 heavy (non-hydrogen) atoms. The number of phenolic OH excluding ortho intramolecular Hbond substituents is 2. The highest BCUT2D eigenvalue weighted by Crippen LogP contribution is 2.41. The monoisotopic (exact) mass is 353 g/mol. The van der Waals surface area contributed by atoms with Gasteiger partial charge in [-0.05, 0) is 55.4 Å².